The number of hydrogen-bond donors (Lipinski definition) is 1. The Hall–Kier alpha value is -3.74. The van der Waals surface area contributed by atoms with Gasteiger partial charge in [-0.05, 0) is 32.4 Å². The van der Waals surface area contributed by atoms with Crippen LogP contribution >= 0.6 is 0 Å². The number of carbonyl (C=O) groups excluding carboxylic acids is 3. The van der Waals surface area contributed by atoms with Crippen LogP contribution < -0.4 is 5.32 Å². The van der Waals surface area contributed by atoms with Gasteiger partial charge in [-0.3, -0.25) is 9.59 Å². The van der Waals surface area contributed by atoms with Gasteiger partial charge in [0.05, 0.1) is 17.8 Å². The second kappa shape index (κ2) is 9.84. The van der Waals surface area contributed by atoms with Crippen molar-refractivity contribution < 1.29 is 19.1 Å². The van der Waals surface area contributed by atoms with Gasteiger partial charge < -0.3 is 10.1 Å². The van der Waals surface area contributed by atoms with Crippen molar-refractivity contribution in [2.45, 2.75) is 39.3 Å². The van der Waals surface area contributed by atoms with Gasteiger partial charge in [-0.1, -0.05) is 49.4 Å². The highest BCUT2D eigenvalue weighted by atomic mass is 16.5. The van der Waals surface area contributed by atoms with Crippen LogP contribution in [0.2, 0.25) is 0 Å². The van der Waals surface area contributed by atoms with Crippen LogP contribution in [0.25, 0.3) is 0 Å². The molecule has 1 N–H and O–H groups in total. The van der Waals surface area contributed by atoms with E-state index in [1.165, 1.54) is 19.1 Å². The Bertz CT molecular complexity index is 1060. The van der Waals surface area contributed by atoms with Gasteiger partial charge in [0.1, 0.15) is 5.82 Å². The molecule has 2 atom stereocenters. The van der Waals surface area contributed by atoms with Crippen LogP contribution in [0.1, 0.15) is 59.5 Å². The standard InChI is InChI=1S/C24H25N3O4/c1-4-16(2)27-21(14-15-25-27)26-23(29)17(3)31-24(30)20-12-10-19(11-13-20)22(28)18-8-6-5-7-9-18/h5-17H,4H2,1-3H3,(H,26,29)/t16-,17+/m0/s1. The first-order chi connectivity index (χ1) is 14.9. The first-order valence-electron chi connectivity index (χ1n) is 10.2. The van der Waals surface area contributed by atoms with Crippen LogP contribution in [-0.2, 0) is 9.53 Å². The summed E-state index contributed by atoms with van der Waals surface area (Å²) in [5, 5.41) is 6.96. The average Bonchev–Trinajstić information content (AvgIpc) is 3.26. The molecular weight excluding hydrogens is 394 g/mol. The second-order valence-corrected chi connectivity index (χ2v) is 7.23. The fraction of sp³-hybridized carbons (Fsp3) is 0.250. The van der Waals surface area contributed by atoms with Crippen molar-refractivity contribution in [3.63, 3.8) is 0 Å². The second-order valence-electron chi connectivity index (χ2n) is 7.23. The van der Waals surface area contributed by atoms with Gasteiger partial charge in [0.2, 0.25) is 0 Å². The van der Waals surface area contributed by atoms with Gasteiger partial charge in [0, 0.05) is 17.2 Å². The molecule has 0 aliphatic rings. The quantitative estimate of drug-likeness (QED) is 0.435. The summed E-state index contributed by atoms with van der Waals surface area (Å²) in [4.78, 5) is 37.4. The molecule has 3 rings (SSSR count). The minimum absolute atomic E-state index is 0.125. The zero-order chi connectivity index (χ0) is 22.4. The Morgan fingerprint density at radius 3 is 2.19 bits per heavy atom. The molecule has 0 aliphatic carbocycles. The molecule has 160 valence electrons. The average molecular weight is 419 g/mol. The van der Waals surface area contributed by atoms with E-state index in [1.54, 1.807) is 53.3 Å². The lowest BCUT2D eigenvalue weighted by Crippen LogP contribution is -2.31. The topological polar surface area (TPSA) is 90.3 Å². The van der Waals surface area contributed by atoms with E-state index in [2.05, 4.69) is 10.4 Å². The van der Waals surface area contributed by atoms with Gasteiger partial charge in [-0.25, -0.2) is 9.48 Å². The number of ketones is 1. The summed E-state index contributed by atoms with van der Waals surface area (Å²) < 4.78 is 7.01. The Kier molecular flexibility index (Phi) is 6.97. The molecule has 31 heavy (non-hydrogen) atoms. The number of rotatable bonds is 8. The number of esters is 1. The fourth-order valence-electron chi connectivity index (χ4n) is 2.96. The zero-order valence-electron chi connectivity index (χ0n) is 17.7. The minimum atomic E-state index is -1.00. The highest BCUT2D eigenvalue weighted by Gasteiger charge is 2.21. The maximum atomic E-state index is 12.5. The smallest absolute Gasteiger partial charge is 0.338 e. The third kappa shape index (κ3) is 5.25. The molecule has 3 aromatic rings. The number of carbonyl (C=O) groups is 3. The summed E-state index contributed by atoms with van der Waals surface area (Å²) in [5.74, 6) is -0.678. The van der Waals surface area contributed by atoms with Gasteiger partial charge >= 0.3 is 5.97 Å². The molecule has 0 fully saturated rings. The van der Waals surface area contributed by atoms with Crippen molar-refractivity contribution in [2.75, 3.05) is 5.32 Å². The molecule has 7 nitrogen and oxygen atoms in total. The number of aromatic nitrogens is 2. The summed E-state index contributed by atoms with van der Waals surface area (Å²) in [5.41, 5.74) is 1.29. The van der Waals surface area contributed by atoms with Gasteiger partial charge in [0.15, 0.2) is 11.9 Å². The number of amides is 1. The van der Waals surface area contributed by atoms with Crippen LogP contribution in [0.15, 0.2) is 66.9 Å². The van der Waals surface area contributed by atoms with Crippen molar-refractivity contribution in [2.24, 2.45) is 0 Å². The Morgan fingerprint density at radius 1 is 0.935 bits per heavy atom. The molecule has 7 heteroatoms. The van der Waals surface area contributed by atoms with Gasteiger partial charge in [-0.2, -0.15) is 5.10 Å². The highest BCUT2D eigenvalue weighted by Crippen LogP contribution is 2.17. The molecule has 0 bridgehead atoms. The zero-order valence-corrected chi connectivity index (χ0v) is 17.7. The summed E-state index contributed by atoms with van der Waals surface area (Å²) >= 11 is 0. The summed E-state index contributed by atoms with van der Waals surface area (Å²) in [7, 11) is 0. The maximum Gasteiger partial charge on any atom is 0.338 e. The van der Waals surface area contributed by atoms with E-state index in [4.69, 9.17) is 4.74 Å². The van der Waals surface area contributed by atoms with E-state index in [1.807, 2.05) is 19.9 Å². The van der Waals surface area contributed by atoms with Crippen molar-refractivity contribution >= 4 is 23.5 Å². The molecule has 1 heterocycles. The number of anilines is 1. The molecule has 0 saturated carbocycles. The number of nitrogens with zero attached hydrogens (tertiary/aromatic N) is 2. The monoisotopic (exact) mass is 419 g/mol. The van der Waals surface area contributed by atoms with Crippen LogP contribution in [0, 0.1) is 0 Å². The molecule has 0 aliphatic heterocycles. The third-order valence-corrected chi connectivity index (χ3v) is 5.00. The van der Waals surface area contributed by atoms with Crippen molar-refractivity contribution in [3.05, 3.63) is 83.6 Å². The molecule has 0 saturated heterocycles. The molecule has 0 spiro atoms. The number of nitrogens with one attached hydrogen (secondary N) is 1. The van der Waals surface area contributed by atoms with E-state index < -0.39 is 18.0 Å². The Morgan fingerprint density at radius 2 is 1.55 bits per heavy atom. The van der Waals surface area contributed by atoms with Crippen molar-refractivity contribution in [1.82, 2.24) is 9.78 Å². The molecule has 2 aromatic carbocycles. The normalized spacial score (nSPS) is 12.6. The molecule has 1 amide bonds. The SMILES string of the molecule is CC[C@H](C)n1nccc1NC(=O)[C@@H](C)OC(=O)c1ccc(C(=O)c2ccccc2)cc1. The predicted octanol–water partition coefficient (Wildman–Crippen LogP) is 4.27. The third-order valence-electron chi connectivity index (χ3n) is 5.00. The number of ether oxygens (including phenoxy) is 1. The first kappa shape index (κ1) is 22.0. The van der Waals surface area contributed by atoms with E-state index in [0.29, 0.717) is 16.9 Å². The van der Waals surface area contributed by atoms with E-state index in [9.17, 15) is 14.4 Å². The van der Waals surface area contributed by atoms with Crippen LogP contribution in [0.3, 0.4) is 0 Å². The summed E-state index contributed by atoms with van der Waals surface area (Å²) in [6.45, 7) is 5.53. The predicted molar refractivity (Wildman–Crippen MR) is 117 cm³/mol. The maximum absolute atomic E-state index is 12.5. The van der Waals surface area contributed by atoms with E-state index >= 15 is 0 Å². The summed E-state index contributed by atoms with van der Waals surface area (Å²) in [6, 6.07) is 16.9. The van der Waals surface area contributed by atoms with Gasteiger partial charge in [0.25, 0.3) is 5.91 Å². The molecule has 1 aromatic heterocycles. The molecule has 0 unspecified atom stereocenters. The van der Waals surface area contributed by atoms with Crippen LogP contribution in [-0.4, -0.2) is 33.5 Å². The van der Waals surface area contributed by atoms with E-state index in [-0.39, 0.29) is 17.4 Å². The van der Waals surface area contributed by atoms with E-state index in [0.717, 1.165) is 6.42 Å². The first-order valence-corrected chi connectivity index (χ1v) is 10.2. The lowest BCUT2D eigenvalue weighted by molar-refractivity contribution is -0.123. The highest BCUT2D eigenvalue weighted by molar-refractivity contribution is 6.09. The fourth-order valence-corrected chi connectivity index (χ4v) is 2.96. The lowest BCUT2D eigenvalue weighted by Gasteiger charge is -2.17. The number of benzene rings is 2. The van der Waals surface area contributed by atoms with Gasteiger partial charge in [-0.15, -0.1) is 0 Å². The van der Waals surface area contributed by atoms with Crippen LogP contribution in [0.5, 0.6) is 0 Å². The summed E-state index contributed by atoms with van der Waals surface area (Å²) in [6.07, 6.45) is 1.47. The molecular formula is C24H25N3O4. The lowest BCUT2D eigenvalue weighted by atomic mass is 10.0. The van der Waals surface area contributed by atoms with Crippen molar-refractivity contribution in [1.29, 1.82) is 0 Å². The number of hydrogen-bond acceptors (Lipinski definition) is 5. The largest absolute Gasteiger partial charge is 0.449 e. The molecule has 0 radical (unpaired) electrons. The minimum Gasteiger partial charge on any atom is -0.449 e. The Balaban J connectivity index is 1.61. The van der Waals surface area contributed by atoms with Crippen LogP contribution in [0.4, 0.5) is 5.82 Å². The van der Waals surface area contributed by atoms with Crippen molar-refractivity contribution in [3.8, 4) is 0 Å². The Labute approximate surface area is 181 Å².